The molecule has 0 aliphatic heterocycles. The van der Waals surface area contributed by atoms with E-state index in [1.165, 1.54) is 4.31 Å². The molecule has 6 heteroatoms. The lowest BCUT2D eigenvalue weighted by Gasteiger charge is -2.23. The van der Waals surface area contributed by atoms with Crippen molar-refractivity contribution in [3.63, 3.8) is 0 Å². The molecule has 1 aromatic carbocycles. The fraction of sp³-hybridized carbons (Fsp3) is 0.500. The Kier molecular flexibility index (Phi) is 5.74. The highest BCUT2D eigenvalue weighted by molar-refractivity contribution is 7.87. The van der Waals surface area contributed by atoms with Gasteiger partial charge in [-0.15, -0.1) is 0 Å². The molecule has 3 N–H and O–H groups in total. The van der Waals surface area contributed by atoms with Gasteiger partial charge in [0.25, 0.3) is 10.2 Å². The minimum Gasteiger partial charge on any atom is -0.329 e. The van der Waals surface area contributed by atoms with E-state index in [2.05, 4.69) is 4.72 Å². The summed E-state index contributed by atoms with van der Waals surface area (Å²) in [6.45, 7) is 4.52. The average Bonchev–Trinajstić information content (AvgIpc) is 2.28. The predicted octanol–water partition coefficient (Wildman–Crippen LogP) is 0.690. The standard InChI is InChI=1S/C12H21N3O2S/c1-11(2)14-18(16,17)15(9-8-13)10-12-6-4-3-5-7-12/h3-7,11,14H,8-10,13H2,1-2H3. The zero-order valence-corrected chi connectivity index (χ0v) is 11.7. The second kappa shape index (κ2) is 6.84. The van der Waals surface area contributed by atoms with E-state index in [0.29, 0.717) is 19.6 Å². The minimum atomic E-state index is -3.48. The quantitative estimate of drug-likeness (QED) is 0.766. The van der Waals surface area contributed by atoms with Crippen LogP contribution in [0.3, 0.4) is 0 Å². The molecule has 0 aromatic heterocycles. The highest BCUT2D eigenvalue weighted by atomic mass is 32.2. The first-order valence-corrected chi connectivity index (χ1v) is 7.41. The van der Waals surface area contributed by atoms with Gasteiger partial charge in [-0.3, -0.25) is 0 Å². The molecule has 1 aromatic rings. The molecule has 0 fully saturated rings. The van der Waals surface area contributed by atoms with Crippen molar-refractivity contribution in [1.82, 2.24) is 9.03 Å². The second-order valence-corrected chi connectivity index (χ2v) is 6.09. The zero-order chi connectivity index (χ0) is 13.6. The monoisotopic (exact) mass is 271 g/mol. The minimum absolute atomic E-state index is 0.133. The first kappa shape index (κ1) is 15.1. The molecule has 0 heterocycles. The number of nitrogens with one attached hydrogen (secondary N) is 1. The zero-order valence-electron chi connectivity index (χ0n) is 10.8. The molecule has 5 nitrogen and oxygen atoms in total. The predicted molar refractivity (Wildman–Crippen MR) is 73.1 cm³/mol. The lowest BCUT2D eigenvalue weighted by atomic mass is 10.2. The first-order valence-electron chi connectivity index (χ1n) is 5.97. The van der Waals surface area contributed by atoms with Gasteiger partial charge in [0.1, 0.15) is 0 Å². The normalized spacial score (nSPS) is 12.3. The van der Waals surface area contributed by atoms with Gasteiger partial charge < -0.3 is 5.73 Å². The second-order valence-electron chi connectivity index (χ2n) is 4.39. The van der Waals surface area contributed by atoms with Gasteiger partial charge in [0, 0.05) is 25.7 Å². The Labute approximate surface area is 109 Å². The van der Waals surface area contributed by atoms with Gasteiger partial charge in [0.05, 0.1) is 0 Å². The molecule has 0 amide bonds. The van der Waals surface area contributed by atoms with Crippen molar-refractivity contribution >= 4 is 10.2 Å². The molecular weight excluding hydrogens is 250 g/mol. The Bertz CT molecular complexity index is 446. The summed E-state index contributed by atoms with van der Waals surface area (Å²) in [7, 11) is -3.48. The van der Waals surface area contributed by atoms with Crippen molar-refractivity contribution in [2.24, 2.45) is 5.73 Å². The Morgan fingerprint density at radius 3 is 2.39 bits per heavy atom. The van der Waals surface area contributed by atoms with E-state index in [1.807, 2.05) is 30.3 Å². The molecule has 18 heavy (non-hydrogen) atoms. The van der Waals surface area contributed by atoms with Gasteiger partial charge in [-0.25, -0.2) is 0 Å². The van der Waals surface area contributed by atoms with Crippen LogP contribution in [0.4, 0.5) is 0 Å². The van der Waals surface area contributed by atoms with Crippen LogP contribution in [0.25, 0.3) is 0 Å². The maximum absolute atomic E-state index is 12.1. The Balaban J connectivity index is 2.83. The molecule has 1 rings (SSSR count). The van der Waals surface area contributed by atoms with Crippen LogP contribution in [-0.2, 0) is 16.8 Å². The first-order chi connectivity index (χ1) is 8.45. The maximum atomic E-state index is 12.1. The molecule has 0 aliphatic carbocycles. The van der Waals surface area contributed by atoms with Crippen LogP contribution in [0.1, 0.15) is 19.4 Å². The fourth-order valence-corrected chi connectivity index (χ4v) is 3.00. The molecule has 102 valence electrons. The van der Waals surface area contributed by atoms with Gasteiger partial charge in [0.2, 0.25) is 0 Å². The van der Waals surface area contributed by atoms with E-state index < -0.39 is 10.2 Å². The maximum Gasteiger partial charge on any atom is 0.280 e. The molecule has 0 aliphatic rings. The van der Waals surface area contributed by atoms with Crippen LogP contribution in [0.15, 0.2) is 30.3 Å². The number of rotatable bonds is 7. The van der Waals surface area contributed by atoms with Crippen LogP contribution in [-0.4, -0.2) is 31.9 Å². The molecule has 0 atom stereocenters. The van der Waals surface area contributed by atoms with Gasteiger partial charge in [-0.1, -0.05) is 30.3 Å². The highest BCUT2D eigenvalue weighted by Crippen LogP contribution is 2.08. The van der Waals surface area contributed by atoms with Crippen LogP contribution in [0.5, 0.6) is 0 Å². The van der Waals surface area contributed by atoms with E-state index in [9.17, 15) is 8.42 Å². The van der Waals surface area contributed by atoms with Crippen molar-refractivity contribution < 1.29 is 8.42 Å². The molecule has 0 unspecified atom stereocenters. The summed E-state index contributed by atoms with van der Waals surface area (Å²) in [5.41, 5.74) is 6.42. The highest BCUT2D eigenvalue weighted by Gasteiger charge is 2.21. The summed E-state index contributed by atoms with van der Waals surface area (Å²) in [6, 6.07) is 9.34. The van der Waals surface area contributed by atoms with E-state index in [0.717, 1.165) is 5.56 Å². The van der Waals surface area contributed by atoms with Crippen molar-refractivity contribution in [1.29, 1.82) is 0 Å². The number of hydrogen-bond acceptors (Lipinski definition) is 3. The third-order valence-electron chi connectivity index (χ3n) is 2.30. The number of nitrogens with zero attached hydrogens (tertiary/aromatic N) is 1. The molecule has 0 radical (unpaired) electrons. The van der Waals surface area contributed by atoms with Gasteiger partial charge in [-0.2, -0.15) is 17.4 Å². The number of nitrogens with two attached hydrogens (primary N) is 1. The molecule has 0 saturated heterocycles. The van der Waals surface area contributed by atoms with Crippen LogP contribution >= 0.6 is 0 Å². The molecule has 0 bridgehead atoms. The fourth-order valence-electron chi connectivity index (χ4n) is 1.59. The SMILES string of the molecule is CC(C)NS(=O)(=O)N(CCN)Cc1ccccc1. The number of hydrogen-bond donors (Lipinski definition) is 2. The smallest absolute Gasteiger partial charge is 0.280 e. The lowest BCUT2D eigenvalue weighted by Crippen LogP contribution is -2.45. The summed E-state index contributed by atoms with van der Waals surface area (Å²) >= 11 is 0. The third-order valence-corrected chi connectivity index (χ3v) is 4.07. The summed E-state index contributed by atoms with van der Waals surface area (Å²) in [5.74, 6) is 0. The van der Waals surface area contributed by atoms with E-state index >= 15 is 0 Å². The van der Waals surface area contributed by atoms with Crippen molar-refractivity contribution in [3.8, 4) is 0 Å². The Morgan fingerprint density at radius 1 is 1.28 bits per heavy atom. The van der Waals surface area contributed by atoms with Crippen LogP contribution < -0.4 is 10.5 Å². The summed E-state index contributed by atoms with van der Waals surface area (Å²) in [5, 5.41) is 0. The van der Waals surface area contributed by atoms with Gasteiger partial charge >= 0.3 is 0 Å². The van der Waals surface area contributed by atoms with E-state index in [4.69, 9.17) is 5.73 Å². The van der Waals surface area contributed by atoms with Crippen molar-refractivity contribution in [2.75, 3.05) is 13.1 Å². The van der Waals surface area contributed by atoms with Gasteiger partial charge in [0.15, 0.2) is 0 Å². The van der Waals surface area contributed by atoms with Crippen molar-refractivity contribution in [2.45, 2.75) is 26.4 Å². The summed E-state index contributed by atoms with van der Waals surface area (Å²) in [6.07, 6.45) is 0. The van der Waals surface area contributed by atoms with Crippen molar-refractivity contribution in [3.05, 3.63) is 35.9 Å². The Hall–Kier alpha value is -0.950. The molecule has 0 spiro atoms. The molecule has 0 saturated carbocycles. The van der Waals surface area contributed by atoms with Gasteiger partial charge in [-0.05, 0) is 19.4 Å². The topological polar surface area (TPSA) is 75.4 Å². The van der Waals surface area contributed by atoms with E-state index in [1.54, 1.807) is 13.8 Å². The largest absolute Gasteiger partial charge is 0.329 e. The third kappa shape index (κ3) is 4.73. The summed E-state index contributed by atoms with van der Waals surface area (Å²) < 4.78 is 28.1. The van der Waals surface area contributed by atoms with Crippen LogP contribution in [0, 0.1) is 0 Å². The molecular formula is C12H21N3O2S. The van der Waals surface area contributed by atoms with Crippen LogP contribution in [0.2, 0.25) is 0 Å². The lowest BCUT2D eigenvalue weighted by molar-refractivity contribution is 0.401. The average molecular weight is 271 g/mol. The Morgan fingerprint density at radius 2 is 1.89 bits per heavy atom. The summed E-state index contributed by atoms with van der Waals surface area (Å²) in [4.78, 5) is 0. The number of benzene rings is 1. The van der Waals surface area contributed by atoms with E-state index in [-0.39, 0.29) is 6.04 Å².